The van der Waals surface area contributed by atoms with Crippen molar-refractivity contribution in [1.29, 1.82) is 0 Å². The fourth-order valence-electron chi connectivity index (χ4n) is 5.08. The quantitative estimate of drug-likeness (QED) is 0.234. The molecule has 3 saturated heterocycles. The Bertz CT molecular complexity index is 627. The molecule has 0 saturated carbocycles. The summed E-state index contributed by atoms with van der Waals surface area (Å²) in [6, 6.07) is 0.307. The number of thiol groups is 1. The first-order valence-electron chi connectivity index (χ1n) is 12.3. The van der Waals surface area contributed by atoms with Gasteiger partial charge < -0.3 is 13.9 Å². The SMILES string of the molecule is CC(S)OC1CC(N2CN(C)C3C(NCN(C)C)N(C)C(C)NC32)OC1CO[SiH2]C(C)(C)C. The third kappa shape index (κ3) is 7.13. The van der Waals surface area contributed by atoms with Gasteiger partial charge in [-0.15, -0.1) is 12.6 Å². The van der Waals surface area contributed by atoms with E-state index in [4.69, 9.17) is 13.9 Å². The van der Waals surface area contributed by atoms with Crippen LogP contribution in [0.4, 0.5) is 0 Å². The Kier molecular flexibility index (Phi) is 9.69. The number of ether oxygens (including phenoxy) is 2. The fraction of sp³-hybridized carbons (Fsp3) is 1.00. The first-order valence-corrected chi connectivity index (χ1v) is 14.1. The van der Waals surface area contributed by atoms with E-state index in [-0.39, 0.29) is 47.4 Å². The molecule has 194 valence electrons. The van der Waals surface area contributed by atoms with Crippen LogP contribution >= 0.6 is 12.6 Å². The van der Waals surface area contributed by atoms with Crippen molar-refractivity contribution in [3.63, 3.8) is 0 Å². The molecule has 0 spiro atoms. The van der Waals surface area contributed by atoms with Crippen LogP contribution < -0.4 is 10.6 Å². The number of nitrogens with zero attached hydrogens (tertiary/aromatic N) is 4. The number of nitrogens with one attached hydrogen (secondary N) is 2. The minimum Gasteiger partial charge on any atom is -0.421 e. The molecule has 9 nitrogen and oxygen atoms in total. The van der Waals surface area contributed by atoms with Crippen molar-refractivity contribution in [3.05, 3.63) is 0 Å². The van der Waals surface area contributed by atoms with Crippen molar-refractivity contribution in [2.75, 3.05) is 48.1 Å². The first kappa shape index (κ1) is 27.8. The molecule has 3 aliphatic heterocycles. The molecular weight excluding hydrogens is 456 g/mol. The highest BCUT2D eigenvalue weighted by Gasteiger charge is 2.53. The summed E-state index contributed by atoms with van der Waals surface area (Å²) < 4.78 is 19.0. The number of fused-ring (bicyclic) bond motifs is 1. The molecule has 8 atom stereocenters. The lowest BCUT2D eigenvalue weighted by atomic mass is 10.1. The second-order valence-corrected chi connectivity index (χ2v) is 15.0. The minimum atomic E-state index is -0.634. The summed E-state index contributed by atoms with van der Waals surface area (Å²) in [4.78, 5) is 9.47. The second-order valence-electron chi connectivity index (χ2n) is 11.5. The molecule has 0 amide bonds. The van der Waals surface area contributed by atoms with Crippen LogP contribution in [0.5, 0.6) is 0 Å². The van der Waals surface area contributed by atoms with E-state index >= 15 is 0 Å². The topological polar surface area (TPSA) is 64.7 Å². The average molecular weight is 505 g/mol. The maximum atomic E-state index is 6.62. The number of hydrogen-bond acceptors (Lipinski definition) is 10. The van der Waals surface area contributed by atoms with E-state index in [1.54, 1.807) is 0 Å². The molecule has 3 rings (SSSR count). The van der Waals surface area contributed by atoms with Crippen molar-refractivity contribution in [2.24, 2.45) is 0 Å². The number of rotatable bonds is 9. The molecular formula is C22H48N6O3SSi. The van der Waals surface area contributed by atoms with Crippen LogP contribution in [0.25, 0.3) is 0 Å². The van der Waals surface area contributed by atoms with Gasteiger partial charge in [0.05, 0.1) is 49.4 Å². The van der Waals surface area contributed by atoms with E-state index in [1.807, 2.05) is 6.92 Å². The Labute approximate surface area is 209 Å². The molecule has 0 aromatic rings. The van der Waals surface area contributed by atoms with E-state index in [2.05, 4.69) is 98.7 Å². The highest BCUT2D eigenvalue weighted by atomic mass is 32.1. The Morgan fingerprint density at radius 2 is 2.00 bits per heavy atom. The summed E-state index contributed by atoms with van der Waals surface area (Å²) in [6.45, 7) is 13.2. The highest BCUT2D eigenvalue weighted by molar-refractivity contribution is 7.80. The van der Waals surface area contributed by atoms with Gasteiger partial charge in [-0.25, -0.2) is 4.90 Å². The van der Waals surface area contributed by atoms with Gasteiger partial charge in [0.25, 0.3) is 0 Å². The van der Waals surface area contributed by atoms with Crippen LogP contribution in [0.3, 0.4) is 0 Å². The predicted molar refractivity (Wildman–Crippen MR) is 139 cm³/mol. The lowest BCUT2D eigenvalue weighted by Crippen LogP contribution is -2.72. The van der Waals surface area contributed by atoms with Gasteiger partial charge in [-0.2, -0.15) is 0 Å². The van der Waals surface area contributed by atoms with Crippen LogP contribution in [-0.2, 0) is 13.9 Å². The lowest BCUT2D eigenvalue weighted by molar-refractivity contribution is -0.102. The van der Waals surface area contributed by atoms with Gasteiger partial charge in [0.1, 0.15) is 12.3 Å². The normalized spacial score (nSPS) is 38.1. The van der Waals surface area contributed by atoms with Gasteiger partial charge in [0.2, 0.25) is 0 Å². The summed E-state index contributed by atoms with van der Waals surface area (Å²) in [5.41, 5.74) is -0.130. The highest BCUT2D eigenvalue weighted by Crippen LogP contribution is 2.35. The Morgan fingerprint density at radius 3 is 2.61 bits per heavy atom. The lowest BCUT2D eigenvalue weighted by Gasteiger charge is -2.49. The smallest absolute Gasteiger partial charge is 0.167 e. The number of hydrogen-bond donors (Lipinski definition) is 3. The van der Waals surface area contributed by atoms with Crippen molar-refractivity contribution in [1.82, 2.24) is 30.2 Å². The summed E-state index contributed by atoms with van der Waals surface area (Å²) in [7, 11) is 7.96. The maximum absolute atomic E-state index is 6.62. The molecule has 2 N–H and O–H groups in total. The predicted octanol–water partition coefficient (Wildman–Crippen LogP) is 0.297. The molecule has 0 aliphatic carbocycles. The number of likely N-dealkylation sites (N-methyl/N-ethyl adjacent to an activating group) is 2. The summed E-state index contributed by atoms with van der Waals surface area (Å²) in [5.74, 6) is 0. The van der Waals surface area contributed by atoms with Gasteiger partial charge in [0.15, 0.2) is 9.76 Å². The van der Waals surface area contributed by atoms with Gasteiger partial charge in [-0.1, -0.05) is 20.8 Å². The van der Waals surface area contributed by atoms with E-state index in [0.717, 1.165) is 19.8 Å². The van der Waals surface area contributed by atoms with Gasteiger partial charge >= 0.3 is 0 Å². The Morgan fingerprint density at radius 1 is 1.30 bits per heavy atom. The summed E-state index contributed by atoms with van der Waals surface area (Å²) in [5, 5.41) is 7.85. The van der Waals surface area contributed by atoms with Crippen LogP contribution in [0, 0.1) is 0 Å². The monoisotopic (exact) mass is 504 g/mol. The van der Waals surface area contributed by atoms with Crippen molar-refractivity contribution in [3.8, 4) is 0 Å². The van der Waals surface area contributed by atoms with E-state index in [9.17, 15) is 0 Å². The van der Waals surface area contributed by atoms with Crippen LogP contribution in [0.1, 0.15) is 41.0 Å². The molecule has 0 aromatic heterocycles. The largest absolute Gasteiger partial charge is 0.421 e. The van der Waals surface area contributed by atoms with Crippen molar-refractivity contribution in [2.45, 2.75) is 94.5 Å². The minimum absolute atomic E-state index is 0.00725. The van der Waals surface area contributed by atoms with Gasteiger partial charge in [-0.05, 0) is 47.1 Å². The molecule has 0 radical (unpaired) electrons. The van der Waals surface area contributed by atoms with E-state index in [1.165, 1.54) is 0 Å². The summed E-state index contributed by atoms with van der Waals surface area (Å²) in [6.07, 6.45) is 1.44. The van der Waals surface area contributed by atoms with Crippen molar-refractivity contribution >= 4 is 22.4 Å². The van der Waals surface area contributed by atoms with E-state index in [0.29, 0.717) is 12.6 Å². The van der Waals surface area contributed by atoms with Crippen LogP contribution in [0.15, 0.2) is 0 Å². The zero-order valence-corrected chi connectivity index (χ0v) is 24.4. The molecule has 3 aliphatic rings. The Hall–Kier alpha value is 0.207. The zero-order chi connectivity index (χ0) is 24.5. The summed E-state index contributed by atoms with van der Waals surface area (Å²) >= 11 is 4.49. The molecule has 0 aromatic carbocycles. The van der Waals surface area contributed by atoms with E-state index < -0.39 is 9.76 Å². The molecule has 0 bridgehead atoms. The molecule has 33 heavy (non-hydrogen) atoms. The third-order valence-corrected chi connectivity index (χ3v) is 8.14. The molecule has 11 heteroatoms. The zero-order valence-electron chi connectivity index (χ0n) is 22.1. The first-order chi connectivity index (χ1) is 15.4. The van der Waals surface area contributed by atoms with Crippen molar-refractivity contribution < 1.29 is 13.9 Å². The van der Waals surface area contributed by atoms with Gasteiger partial charge in [-0.3, -0.25) is 25.3 Å². The fourth-order valence-corrected chi connectivity index (χ4v) is 6.19. The molecule has 3 fully saturated rings. The Balaban J connectivity index is 1.71. The standard InChI is InChI=1S/C22H48N6O3SSi/c1-14-24-21-19(20(27(14)9)23-12-25(6)7)26(8)13-28(21)18-10-16(30-15(2)32)17(31-18)11-29-33-22(3,4)5/h14-21,23-24,32H,10-13,33H2,1-9H3. The molecule has 8 unspecified atom stereocenters. The third-order valence-electron chi connectivity index (χ3n) is 6.72. The maximum Gasteiger partial charge on any atom is 0.167 e. The average Bonchev–Trinajstić information content (AvgIpc) is 3.21. The second kappa shape index (κ2) is 11.5. The van der Waals surface area contributed by atoms with Gasteiger partial charge in [0, 0.05) is 13.1 Å². The van der Waals surface area contributed by atoms with Crippen LogP contribution in [0.2, 0.25) is 5.04 Å². The van der Waals surface area contributed by atoms with Crippen LogP contribution in [-0.4, -0.2) is 126 Å². The molecule has 3 heterocycles.